The highest BCUT2D eigenvalue weighted by molar-refractivity contribution is 5.94. The molecule has 1 heterocycles. The van der Waals surface area contributed by atoms with Crippen LogP contribution in [0.15, 0.2) is 42.6 Å². The second-order valence-electron chi connectivity index (χ2n) is 5.51. The molecule has 0 saturated carbocycles. The lowest BCUT2D eigenvalue weighted by Crippen LogP contribution is -2.36. The van der Waals surface area contributed by atoms with Crippen molar-refractivity contribution in [1.29, 1.82) is 0 Å². The maximum atomic E-state index is 13.4. The van der Waals surface area contributed by atoms with Crippen LogP contribution in [0.3, 0.4) is 0 Å². The van der Waals surface area contributed by atoms with E-state index >= 15 is 0 Å². The van der Waals surface area contributed by atoms with Crippen molar-refractivity contribution in [2.45, 2.75) is 6.54 Å². The van der Waals surface area contributed by atoms with Crippen molar-refractivity contribution in [2.75, 3.05) is 27.2 Å². The minimum atomic E-state index is -0.765. The maximum Gasteiger partial charge on any atom is 0.254 e. The maximum absolute atomic E-state index is 13.4. The van der Waals surface area contributed by atoms with Crippen LogP contribution < -0.4 is 0 Å². The molecule has 0 spiro atoms. The Balaban J connectivity index is 2.22. The molecular formula is C17H19F2N3O. The van der Waals surface area contributed by atoms with E-state index in [-0.39, 0.29) is 12.1 Å². The summed E-state index contributed by atoms with van der Waals surface area (Å²) in [7, 11) is 3.79. The molecule has 2 rings (SSSR count). The average molecular weight is 319 g/mol. The Morgan fingerprint density at radius 2 is 1.78 bits per heavy atom. The molecule has 0 atom stereocenters. The van der Waals surface area contributed by atoms with E-state index < -0.39 is 17.5 Å². The van der Waals surface area contributed by atoms with Crippen LogP contribution in [0.1, 0.15) is 16.1 Å². The zero-order valence-electron chi connectivity index (χ0n) is 13.2. The summed E-state index contributed by atoms with van der Waals surface area (Å²) in [6, 6.07) is 8.27. The van der Waals surface area contributed by atoms with E-state index in [0.717, 1.165) is 23.9 Å². The van der Waals surface area contributed by atoms with E-state index in [1.807, 2.05) is 31.1 Å². The van der Waals surface area contributed by atoms with E-state index in [4.69, 9.17) is 0 Å². The number of halogens is 2. The molecule has 0 aliphatic rings. The standard InChI is InChI=1S/C17H19F2N3O/c1-21(2)7-8-22(12-16-5-3-4-6-20-16)17(23)13-9-14(18)11-15(19)10-13/h3-6,9-11H,7-8,12H2,1-2H3. The molecule has 0 aliphatic heterocycles. The number of rotatable bonds is 6. The first kappa shape index (κ1) is 17.0. The number of pyridine rings is 1. The number of benzene rings is 1. The van der Waals surface area contributed by atoms with Crippen LogP contribution in [-0.4, -0.2) is 47.9 Å². The summed E-state index contributed by atoms with van der Waals surface area (Å²) < 4.78 is 26.7. The normalized spacial score (nSPS) is 10.8. The van der Waals surface area contributed by atoms with E-state index in [1.54, 1.807) is 12.3 Å². The Morgan fingerprint density at radius 3 is 2.35 bits per heavy atom. The second kappa shape index (κ2) is 7.78. The summed E-state index contributed by atoms with van der Waals surface area (Å²) in [4.78, 5) is 20.3. The fourth-order valence-electron chi connectivity index (χ4n) is 2.12. The van der Waals surface area contributed by atoms with E-state index in [9.17, 15) is 13.6 Å². The zero-order valence-corrected chi connectivity index (χ0v) is 13.2. The van der Waals surface area contributed by atoms with Gasteiger partial charge in [0.1, 0.15) is 11.6 Å². The monoisotopic (exact) mass is 319 g/mol. The van der Waals surface area contributed by atoms with Crippen LogP contribution in [0.2, 0.25) is 0 Å². The van der Waals surface area contributed by atoms with Crippen molar-refractivity contribution in [2.24, 2.45) is 0 Å². The summed E-state index contributed by atoms with van der Waals surface area (Å²) in [5.41, 5.74) is 0.716. The third-order valence-corrected chi connectivity index (χ3v) is 3.29. The number of carbonyl (C=O) groups is 1. The number of hydrogen-bond acceptors (Lipinski definition) is 3. The fraction of sp³-hybridized carbons (Fsp3) is 0.294. The molecule has 0 bridgehead atoms. The molecule has 1 aromatic carbocycles. The van der Waals surface area contributed by atoms with Crippen molar-refractivity contribution in [3.05, 3.63) is 65.5 Å². The molecular weight excluding hydrogens is 300 g/mol. The summed E-state index contributed by atoms with van der Waals surface area (Å²) >= 11 is 0. The van der Waals surface area contributed by atoms with Gasteiger partial charge in [-0.15, -0.1) is 0 Å². The second-order valence-corrected chi connectivity index (χ2v) is 5.51. The Bertz CT molecular complexity index is 642. The number of amides is 1. The van der Waals surface area contributed by atoms with E-state index in [0.29, 0.717) is 13.1 Å². The molecule has 0 N–H and O–H groups in total. The molecule has 0 unspecified atom stereocenters. The van der Waals surface area contributed by atoms with Gasteiger partial charge in [0.15, 0.2) is 0 Å². The highest BCUT2D eigenvalue weighted by Crippen LogP contribution is 2.13. The number of aromatic nitrogens is 1. The van der Waals surface area contributed by atoms with Gasteiger partial charge in [0, 0.05) is 30.9 Å². The SMILES string of the molecule is CN(C)CCN(Cc1ccccn1)C(=O)c1cc(F)cc(F)c1. The first-order chi connectivity index (χ1) is 11.0. The van der Waals surface area contributed by atoms with Gasteiger partial charge in [-0.1, -0.05) is 6.07 Å². The number of likely N-dealkylation sites (N-methyl/N-ethyl adjacent to an activating group) is 1. The van der Waals surface area contributed by atoms with Crippen LogP contribution in [0.25, 0.3) is 0 Å². The van der Waals surface area contributed by atoms with Gasteiger partial charge in [0.2, 0.25) is 0 Å². The zero-order chi connectivity index (χ0) is 16.8. The van der Waals surface area contributed by atoms with Crippen molar-refractivity contribution in [3.8, 4) is 0 Å². The molecule has 0 saturated heterocycles. The molecule has 0 fully saturated rings. The average Bonchev–Trinajstić information content (AvgIpc) is 2.50. The third kappa shape index (κ3) is 5.10. The lowest BCUT2D eigenvalue weighted by atomic mass is 10.1. The van der Waals surface area contributed by atoms with Crippen LogP contribution in [-0.2, 0) is 6.54 Å². The molecule has 122 valence electrons. The molecule has 23 heavy (non-hydrogen) atoms. The van der Waals surface area contributed by atoms with Crippen molar-refractivity contribution >= 4 is 5.91 Å². The minimum absolute atomic E-state index is 0.00260. The van der Waals surface area contributed by atoms with Crippen LogP contribution in [0.5, 0.6) is 0 Å². The van der Waals surface area contributed by atoms with Crippen molar-refractivity contribution in [1.82, 2.24) is 14.8 Å². The molecule has 1 aromatic heterocycles. The van der Waals surface area contributed by atoms with Gasteiger partial charge >= 0.3 is 0 Å². The fourth-order valence-corrected chi connectivity index (χ4v) is 2.12. The van der Waals surface area contributed by atoms with Gasteiger partial charge in [0.05, 0.1) is 12.2 Å². The van der Waals surface area contributed by atoms with Gasteiger partial charge in [-0.05, 0) is 38.4 Å². The minimum Gasteiger partial charge on any atom is -0.331 e. The first-order valence-electron chi connectivity index (χ1n) is 7.25. The highest BCUT2D eigenvalue weighted by atomic mass is 19.1. The predicted octanol–water partition coefficient (Wildman–Crippen LogP) is 2.56. The molecule has 4 nitrogen and oxygen atoms in total. The largest absolute Gasteiger partial charge is 0.331 e. The smallest absolute Gasteiger partial charge is 0.254 e. The van der Waals surface area contributed by atoms with Gasteiger partial charge in [-0.2, -0.15) is 0 Å². The Kier molecular flexibility index (Phi) is 5.76. The van der Waals surface area contributed by atoms with Gasteiger partial charge < -0.3 is 9.80 Å². The lowest BCUT2D eigenvalue weighted by molar-refractivity contribution is 0.0729. The van der Waals surface area contributed by atoms with E-state index in [1.165, 1.54) is 4.90 Å². The molecule has 0 aliphatic carbocycles. The summed E-state index contributed by atoms with van der Waals surface area (Å²) in [6.45, 7) is 1.35. The van der Waals surface area contributed by atoms with Crippen LogP contribution >= 0.6 is 0 Å². The van der Waals surface area contributed by atoms with E-state index in [2.05, 4.69) is 4.98 Å². The van der Waals surface area contributed by atoms with Crippen LogP contribution in [0, 0.1) is 11.6 Å². The summed E-state index contributed by atoms with van der Waals surface area (Å²) in [6.07, 6.45) is 1.64. The first-order valence-corrected chi connectivity index (χ1v) is 7.25. The molecule has 2 aromatic rings. The molecule has 6 heteroatoms. The summed E-state index contributed by atoms with van der Waals surface area (Å²) in [5.74, 6) is -1.95. The Morgan fingerprint density at radius 1 is 1.09 bits per heavy atom. The topological polar surface area (TPSA) is 36.4 Å². The van der Waals surface area contributed by atoms with Crippen molar-refractivity contribution < 1.29 is 13.6 Å². The Hall–Kier alpha value is -2.34. The van der Waals surface area contributed by atoms with Crippen LogP contribution in [0.4, 0.5) is 8.78 Å². The van der Waals surface area contributed by atoms with Gasteiger partial charge in [-0.3, -0.25) is 9.78 Å². The molecule has 1 amide bonds. The lowest BCUT2D eigenvalue weighted by Gasteiger charge is -2.24. The number of hydrogen-bond donors (Lipinski definition) is 0. The molecule has 0 radical (unpaired) electrons. The predicted molar refractivity (Wildman–Crippen MR) is 83.9 cm³/mol. The summed E-state index contributed by atoms with van der Waals surface area (Å²) in [5, 5.41) is 0. The third-order valence-electron chi connectivity index (χ3n) is 3.29. The van der Waals surface area contributed by atoms with Gasteiger partial charge in [0.25, 0.3) is 5.91 Å². The highest BCUT2D eigenvalue weighted by Gasteiger charge is 2.18. The Labute approximate surface area is 134 Å². The number of nitrogens with zero attached hydrogens (tertiary/aromatic N) is 3. The quantitative estimate of drug-likeness (QED) is 0.821. The van der Waals surface area contributed by atoms with Crippen molar-refractivity contribution in [3.63, 3.8) is 0 Å². The van der Waals surface area contributed by atoms with Gasteiger partial charge in [-0.25, -0.2) is 8.78 Å². The number of carbonyl (C=O) groups excluding carboxylic acids is 1.